The SMILES string of the molecule is C=C(CC(=O)OCC)C(=O)OCC.Cl. The highest BCUT2D eigenvalue weighted by Gasteiger charge is 2.12. The number of hydrogen-bond acceptors (Lipinski definition) is 4. The van der Waals surface area contributed by atoms with Crippen LogP contribution in [0.3, 0.4) is 0 Å². The summed E-state index contributed by atoms with van der Waals surface area (Å²) in [6.07, 6.45) is -0.104. The van der Waals surface area contributed by atoms with Gasteiger partial charge in [-0.1, -0.05) is 6.58 Å². The molecule has 14 heavy (non-hydrogen) atoms. The first-order valence-electron chi connectivity index (χ1n) is 4.12. The maximum absolute atomic E-state index is 11.0. The molecule has 82 valence electrons. The second-order valence-electron chi connectivity index (χ2n) is 2.31. The number of ether oxygens (including phenoxy) is 2. The summed E-state index contributed by atoms with van der Waals surface area (Å²) in [4.78, 5) is 21.8. The fourth-order valence-electron chi connectivity index (χ4n) is 0.692. The van der Waals surface area contributed by atoms with E-state index >= 15 is 0 Å². The van der Waals surface area contributed by atoms with E-state index in [1.54, 1.807) is 13.8 Å². The smallest absolute Gasteiger partial charge is 0.333 e. The molecule has 0 aromatic heterocycles. The minimum Gasteiger partial charge on any atom is -0.466 e. The van der Waals surface area contributed by atoms with E-state index in [-0.39, 0.29) is 31.0 Å². The maximum atomic E-state index is 11.0. The first-order chi connectivity index (χ1) is 6.11. The molecular weight excluding hydrogens is 208 g/mol. The number of hydrogen-bond donors (Lipinski definition) is 0. The summed E-state index contributed by atoms with van der Waals surface area (Å²) < 4.78 is 9.27. The fraction of sp³-hybridized carbons (Fsp3) is 0.556. The summed E-state index contributed by atoms with van der Waals surface area (Å²) in [5.41, 5.74) is 0.125. The predicted octanol–water partition coefficient (Wildman–Crippen LogP) is 1.48. The largest absolute Gasteiger partial charge is 0.466 e. The maximum Gasteiger partial charge on any atom is 0.333 e. The van der Waals surface area contributed by atoms with Crippen LogP contribution in [0.1, 0.15) is 20.3 Å². The normalized spacial score (nSPS) is 8.43. The minimum absolute atomic E-state index is 0. The molecule has 0 spiro atoms. The Balaban J connectivity index is 0. The van der Waals surface area contributed by atoms with Crippen LogP contribution in [0.15, 0.2) is 12.2 Å². The van der Waals surface area contributed by atoms with E-state index in [9.17, 15) is 9.59 Å². The zero-order valence-electron chi connectivity index (χ0n) is 8.37. The first-order valence-corrected chi connectivity index (χ1v) is 4.12. The Morgan fingerprint density at radius 2 is 1.64 bits per heavy atom. The molecule has 0 fully saturated rings. The lowest BCUT2D eigenvalue weighted by Gasteiger charge is -2.04. The van der Waals surface area contributed by atoms with E-state index in [2.05, 4.69) is 16.1 Å². The van der Waals surface area contributed by atoms with Gasteiger partial charge in [-0.05, 0) is 13.8 Å². The Hall–Kier alpha value is -1.03. The van der Waals surface area contributed by atoms with Gasteiger partial charge in [0.15, 0.2) is 0 Å². The van der Waals surface area contributed by atoms with Crippen LogP contribution in [0.5, 0.6) is 0 Å². The van der Waals surface area contributed by atoms with Crippen LogP contribution in [-0.4, -0.2) is 25.2 Å². The number of carbonyl (C=O) groups is 2. The van der Waals surface area contributed by atoms with Gasteiger partial charge in [-0.3, -0.25) is 4.79 Å². The third kappa shape index (κ3) is 6.48. The van der Waals surface area contributed by atoms with Crippen molar-refractivity contribution >= 4 is 24.3 Å². The second-order valence-corrected chi connectivity index (χ2v) is 2.31. The second kappa shape index (κ2) is 8.56. The van der Waals surface area contributed by atoms with Crippen LogP contribution >= 0.6 is 12.4 Å². The Morgan fingerprint density at radius 1 is 1.14 bits per heavy atom. The van der Waals surface area contributed by atoms with Gasteiger partial charge in [0, 0.05) is 5.57 Å². The Bertz CT molecular complexity index is 213. The van der Waals surface area contributed by atoms with Crippen molar-refractivity contribution in [3.63, 3.8) is 0 Å². The molecule has 0 unspecified atom stereocenters. The fourth-order valence-corrected chi connectivity index (χ4v) is 0.692. The Morgan fingerprint density at radius 3 is 2.07 bits per heavy atom. The van der Waals surface area contributed by atoms with E-state index in [4.69, 9.17) is 0 Å². The van der Waals surface area contributed by atoms with Gasteiger partial charge >= 0.3 is 11.9 Å². The highest BCUT2D eigenvalue weighted by Crippen LogP contribution is 2.02. The number of rotatable bonds is 5. The van der Waals surface area contributed by atoms with Crippen molar-refractivity contribution in [2.45, 2.75) is 20.3 Å². The summed E-state index contributed by atoms with van der Waals surface area (Å²) in [6, 6.07) is 0. The molecule has 0 N–H and O–H groups in total. The van der Waals surface area contributed by atoms with Crippen molar-refractivity contribution in [3.05, 3.63) is 12.2 Å². The molecule has 5 heteroatoms. The van der Waals surface area contributed by atoms with Crippen molar-refractivity contribution in [2.75, 3.05) is 13.2 Å². The monoisotopic (exact) mass is 222 g/mol. The van der Waals surface area contributed by atoms with E-state index in [0.29, 0.717) is 6.61 Å². The molecule has 0 bridgehead atoms. The lowest BCUT2D eigenvalue weighted by molar-refractivity contribution is -0.145. The van der Waals surface area contributed by atoms with Crippen molar-refractivity contribution in [3.8, 4) is 0 Å². The van der Waals surface area contributed by atoms with Crippen LogP contribution in [0.25, 0.3) is 0 Å². The van der Waals surface area contributed by atoms with Crippen molar-refractivity contribution in [1.29, 1.82) is 0 Å². The third-order valence-corrected chi connectivity index (χ3v) is 1.23. The van der Waals surface area contributed by atoms with Gasteiger partial charge < -0.3 is 9.47 Å². The van der Waals surface area contributed by atoms with E-state index < -0.39 is 11.9 Å². The lowest BCUT2D eigenvalue weighted by atomic mass is 10.2. The summed E-state index contributed by atoms with van der Waals surface area (Å²) in [5.74, 6) is -1.00. The van der Waals surface area contributed by atoms with Crippen LogP contribution < -0.4 is 0 Å². The van der Waals surface area contributed by atoms with Gasteiger partial charge in [-0.15, -0.1) is 12.4 Å². The highest BCUT2D eigenvalue weighted by molar-refractivity contribution is 5.93. The molecule has 0 rings (SSSR count). The van der Waals surface area contributed by atoms with Crippen molar-refractivity contribution in [1.82, 2.24) is 0 Å². The van der Waals surface area contributed by atoms with Crippen LogP contribution in [0, 0.1) is 0 Å². The number of carbonyl (C=O) groups excluding carboxylic acids is 2. The molecule has 0 radical (unpaired) electrons. The molecule has 0 saturated heterocycles. The number of halogens is 1. The van der Waals surface area contributed by atoms with Gasteiger partial charge in [-0.25, -0.2) is 4.79 Å². The molecule has 0 saturated carbocycles. The summed E-state index contributed by atoms with van der Waals surface area (Å²) >= 11 is 0. The molecule has 0 aromatic rings. The lowest BCUT2D eigenvalue weighted by Crippen LogP contribution is -2.12. The summed E-state index contributed by atoms with van der Waals surface area (Å²) in [5, 5.41) is 0. The zero-order valence-corrected chi connectivity index (χ0v) is 9.19. The average molecular weight is 223 g/mol. The quantitative estimate of drug-likeness (QED) is 0.522. The van der Waals surface area contributed by atoms with E-state index in [1.807, 2.05) is 0 Å². The van der Waals surface area contributed by atoms with Crippen LogP contribution in [0.2, 0.25) is 0 Å². The molecule has 0 heterocycles. The Labute approximate surface area is 89.7 Å². The molecular formula is C9H15ClO4. The molecule has 0 aliphatic rings. The van der Waals surface area contributed by atoms with Crippen molar-refractivity contribution in [2.24, 2.45) is 0 Å². The highest BCUT2D eigenvalue weighted by atomic mass is 35.5. The van der Waals surface area contributed by atoms with E-state index in [1.165, 1.54) is 0 Å². The topological polar surface area (TPSA) is 52.6 Å². The van der Waals surface area contributed by atoms with Gasteiger partial charge in [0.25, 0.3) is 0 Å². The molecule has 4 nitrogen and oxygen atoms in total. The molecule has 0 amide bonds. The standard InChI is InChI=1S/C9H14O4.ClH/c1-4-12-8(10)6-7(3)9(11)13-5-2;/h3-6H2,1-2H3;1H. The first kappa shape index (κ1) is 15.4. The predicted molar refractivity (Wildman–Crippen MR) is 54.3 cm³/mol. The molecule has 0 aliphatic heterocycles. The third-order valence-electron chi connectivity index (χ3n) is 1.23. The van der Waals surface area contributed by atoms with Gasteiger partial charge in [0.05, 0.1) is 19.6 Å². The van der Waals surface area contributed by atoms with Gasteiger partial charge in [-0.2, -0.15) is 0 Å². The van der Waals surface area contributed by atoms with Gasteiger partial charge in [0.1, 0.15) is 0 Å². The van der Waals surface area contributed by atoms with E-state index in [0.717, 1.165) is 0 Å². The minimum atomic E-state index is -0.546. The van der Waals surface area contributed by atoms with Crippen LogP contribution in [-0.2, 0) is 19.1 Å². The zero-order chi connectivity index (χ0) is 10.3. The molecule has 0 aliphatic carbocycles. The van der Waals surface area contributed by atoms with Crippen LogP contribution in [0.4, 0.5) is 0 Å². The van der Waals surface area contributed by atoms with Gasteiger partial charge in [0.2, 0.25) is 0 Å². The number of esters is 2. The Kier molecular flexibility index (Phi) is 9.45. The molecule has 0 atom stereocenters. The average Bonchev–Trinajstić information content (AvgIpc) is 2.05. The summed E-state index contributed by atoms with van der Waals surface area (Å²) in [6.45, 7) is 7.39. The summed E-state index contributed by atoms with van der Waals surface area (Å²) in [7, 11) is 0. The molecule has 0 aromatic carbocycles. The van der Waals surface area contributed by atoms with Crippen molar-refractivity contribution < 1.29 is 19.1 Å².